The molecule has 0 aliphatic heterocycles. The number of methoxy groups -OCH3 is 2. The molecule has 1 aromatic heterocycles. The molecule has 1 heterocycles. The number of pyridine rings is 1. The third-order valence-electron chi connectivity index (χ3n) is 2.89. The average molecular weight is 287 g/mol. The van der Waals surface area contributed by atoms with Gasteiger partial charge in [0.25, 0.3) is 0 Å². The standard InChI is InChI=1S/C15H15NO3.C2H6/c1-10-9-11(6-7-13(10)18-2)12-5-4-8-16-14(12)15(17)19-3;1-2/h4-9H,1-3H3;1-2H3. The van der Waals surface area contributed by atoms with Crippen LogP contribution in [0.3, 0.4) is 0 Å². The first kappa shape index (κ1) is 16.7. The minimum absolute atomic E-state index is 0.314. The van der Waals surface area contributed by atoms with Gasteiger partial charge in [0.15, 0.2) is 5.69 Å². The number of ether oxygens (including phenoxy) is 2. The summed E-state index contributed by atoms with van der Waals surface area (Å²) >= 11 is 0. The molecule has 0 radical (unpaired) electrons. The molecule has 1 aromatic carbocycles. The molecule has 2 rings (SSSR count). The SMILES string of the molecule is CC.COC(=O)c1ncccc1-c1ccc(OC)c(C)c1. The maximum absolute atomic E-state index is 11.7. The largest absolute Gasteiger partial charge is 0.496 e. The van der Waals surface area contributed by atoms with Crippen molar-refractivity contribution in [1.82, 2.24) is 4.98 Å². The van der Waals surface area contributed by atoms with E-state index in [1.165, 1.54) is 7.11 Å². The summed E-state index contributed by atoms with van der Waals surface area (Å²) in [6, 6.07) is 9.37. The molecule has 2 aromatic rings. The van der Waals surface area contributed by atoms with Gasteiger partial charge in [-0.2, -0.15) is 0 Å². The van der Waals surface area contributed by atoms with E-state index in [1.807, 2.05) is 45.0 Å². The Morgan fingerprint density at radius 3 is 2.43 bits per heavy atom. The van der Waals surface area contributed by atoms with Crippen LogP contribution in [0.2, 0.25) is 0 Å². The van der Waals surface area contributed by atoms with Crippen molar-refractivity contribution in [1.29, 1.82) is 0 Å². The fourth-order valence-electron chi connectivity index (χ4n) is 1.94. The van der Waals surface area contributed by atoms with Gasteiger partial charge >= 0.3 is 5.97 Å². The van der Waals surface area contributed by atoms with E-state index in [1.54, 1.807) is 19.4 Å². The van der Waals surface area contributed by atoms with Crippen LogP contribution in [-0.4, -0.2) is 25.2 Å². The van der Waals surface area contributed by atoms with E-state index in [4.69, 9.17) is 9.47 Å². The van der Waals surface area contributed by atoms with Crippen LogP contribution in [0.4, 0.5) is 0 Å². The lowest BCUT2D eigenvalue weighted by Crippen LogP contribution is -2.06. The summed E-state index contributed by atoms with van der Waals surface area (Å²) < 4.78 is 9.97. The highest BCUT2D eigenvalue weighted by atomic mass is 16.5. The van der Waals surface area contributed by atoms with Gasteiger partial charge < -0.3 is 9.47 Å². The minimum Gasteiger partial charge on any atom is -0.496 e. The molecule has 21 heavy (non-hydrogen) atoms. The van der Waals surface area contributed by atoms with Crippen LogP contribution in [0, 0.1) is 6.92 Å². The second-order valence-electron chi connectivity index (χ2n) is 4.08. The Balaban J connectivity index is 0.00000106. The van der Waals surface area contributed by atoms with Gasteiger partial charge in [0.1, 0.15) is 5.75 Å². The zero-order chi connectivity index (χ0) is 15.8. The van der Waals surface area contributed by atoms with E-state index in [0.29, 0.717) is 5.69 Å². The molecule has 0 N–H and O–H groups in total. The molecular formula is C17H21NO3. The van der Waals surface area contributed by atoms with Crippen LogP contribution in [0.15, 0.2) is 36.5 Å². The summed E-state index contributed by atoms with van der Waals surface area (Å²) in [4.78, 5) is 15.8. The third-order valence-corrected chi connectivity index (χ3v) is 2.89. The minimum atomic E-state index is -0.441. The van der Waals surface area contributed by atoms with Crippen LogP contribution in [-0.2, 0) is 4.74 Å². The molecule has 0 aliphatic rings. The number of rotatable bonds is 3. The van der Waals surface area contributed by atoms with Crippen LogP contribution in [0.1, 0.15) is 29.9 Å². The molecule has 0 unspecified atom stereocenters. The maximum atomic E-state index is 11.7. The number of hydrogen-bond acceptors (Lipinski definition) is 4. The number of aromatic nitrogens is 1. The number of carbonyl (C=O) groups excluding carboxylic acids is 1. The monoisotopic (exact) mass is 287 g/mol. The van der Waals surface area contributed by atoms with Crippen LogP contribution >= 0.6 is 0 Å². The fourth-order valence-corrected chi connectivity index (χ4v) is 1.94. The van der Waals surface area contributed by atoms with E-state index in [-0.39, 0.29) is 0 Å². The number of carbonyl (C=O) groups is 1. The summed E-state index contributed by atoms with van der Waals surface area (Å²) in [6.07, 6.45) is 1.58. The van der Waals surface area contributed by atoms with Gasteiger partial charge in [-0.05, 0) is 36.2 Å². The highest BCUT2D eigenvalue weighted by molar-refractivity contribution is 5.95. The predicted octanol–water partition coefficient (Wildman–Crippen LogP) is 3.88. The van der Waals surface area contributed by atoms with Gasteiger partial charge in [-0.15, -0.1) is 0 Å². The lowest BCUT2D eigenvalue weighted by atomic mass is 10.0. The lowest BCUT2D eigenvalue weighted by Gasteiger charge is -2.10. The second-order valence-corrected chi connectivity index (χ2v) is 4.08. The van der Waals surface area contributed by atoms with Crippen molar-refractivity contribution in [3.8, 4) is 16.9 Å². The zero-order valence-electron chi connectivity index (χ0n) is 13.1. The van der Waals surface area contributed by atoms with Crippen molar-refractivity contribution in [2.24, 2.45) is 0 Å². The quantitative estimate of drug-likeness (QED) is 0.804. The molecule has 0 saturated heterocycles. The maximum Gasteiger partial charge on any atom is 0.357 e. The first-order valence-electron chi connectivity index (χ1n) is 6.85. The Bertz CT molecular complexity index is 609. The molecule has 0 saturated carbocycles. The molecule has 0 bridgehead atoms. The Morgan fingerprint density at radius 1 is 1.14 bits per heavy atom. The number of benzene rings is 1. The van der Waals surface area contributed by atoms with Crippen molar-refractivity contribution < 1.29 is 14.3 Å². The van der Waals surface area contributed by atoms with E-state index >= 15 is 0 Å². The van der Waals surface area contributed by atoms with Gasteiger partial charge in [-0.1, -0.05) is 26.0 Å². The van der Waals surface area contributed by atoms with Crippen molar-refractivity contribution in [3.63, 3.8) is 0 Å². The highest BCUT2D eigenvalue weighted by Crippen LogP contribution is 2.27. The summed E-state index contributed by atoms with van der Waals surface area (Å²) in [5.41, 5.74) is 2.97. The molecule has 0 amide bonds. The van der Waals surface area contributed by atoms with Crippen molar-refractivity contribution in [2.45, 2.75) is 20.8 Å². The third kappa shape index (κ3) is 3.81. The van der Waals surface area contributed by atoms with E-state index < -0.39 is 5.97 Å². The summed E-state index contributed by atoms with van der Waals surface area (Å²) in [5, 5.41) is 0. The summed E-state index contributed by atoms with van der Waals surface area (Å²) in [6.45, 7) is 5.95. The van der Waals surface area contributed by atoms with Gasteiger partial charge in [0.05, 0.1) is 14.2 Å². The number of aryl methyl sites for hydroxylation is 1. The van der Waals surface area contributed by atoms with Crippen molar-refractivity contribution in [3.05, 3.63) is 47.8 Å². The lowest BCUT2D eigenvalue weighted by molar-refractivity contribution is 0.0595. The van der Waals surface area contributed by atoms with Gasteiger partial charge in [-0.25, -0.2) is 9.78 Å². The molecular weight excluding hydrogens is 266 g/mol. The molecule has 4 heteroatoms. The first-order valence-corrected chi connectivity index (χ1v) is 6.85. The molecule has 0 atom stereocenters. The van der Waals surface area contributed by atoms with Gasteiger partial charge in [0, 0.05) is 11.8 Å². The van der Waals surface area contributed by atoms with Crippen LogP contribution in [0.5, 0.6) is 5.75 Å². The molecule has 0 aliphatic carbocycles. The molecule has 0 fully saturated rings. The fraction of sp³-hybridized carbons (Fsp3) is 0.294. The Labute approximate surface area is 125 Å². The first-order chi connectivity index (χ1) is 10.2. The molecule has 112 valence electrons. The number of hydrogen-bond donors (Lipinski definition) is 0. The Kier molecular flexibility index (Phi) is 6.40. The molecule has 4 nitrogen and oxygen atoms in total. The predicted molar refractivity (Wildman–Crippen MR) is 83.6 cm³/mol. The highest BCUT2D eigenvalue weighted by Gasteiger charge is 2.14. The van der Waals surface area contributed by atoms with Gasteiger partial charge in [0.2, 0.25) is 0 Å². The van der Waals surface area contributed by atoms with E-state index in [0.717, 1.165) is 22.4 Å². The van der Waals surface area contributed by atoms with Crippen molar-refractivity contribution in [2.75, 3.05) is 14.2 Å². The second kappa shape index (κ2) is 8.04. The van der Waals surface area contributed by atoms with E-state index in [9.17, 15) is 4.79 Å². The molecule has 0 spiro atoms. The van der Waals surface area contributed by atoms with Crippen molar-refractivity contribution >= 4 is 5.97 Å². The smallest absolute Gasteiger partial charge is 0.357 e. The summed E-state index contributed by atoms with van der Waals surface area (Å²) in [7, 11) is 2.98. The topological polar surface area (TPSA) is 48.4 Å². The zero-order valence-corrected chi connectivity index (χ0v) is 13.1. The van der Waals surface area contributed by atoms with Crippen LogP contribution < -0.4 is 4.74 Å². The summed E-state index contributed by atoms with van der Waals surface area (Å²) in [5.74, 6) is 0.372. The number of esters is 1. The Morgan fingerprint density at radius 2 is 1.86 bits per heavy atom. The van der Waals surface area contributed by atoms with Crippen LogP contribution in [0.25, 0.3) is 11.1 Å². The normalized spacial score (nSPS) is 9.38. The number of nitrogens with zero attached hydrogens (tertiary/aromatic N) is 1. The van der Waals surface area contributed by atoms with E-state index in [2.05, 4.69) is 4.98 Å². The average Bonchev–Trinajstić information content (AvgIpc) is 2.56. The Hall–Kier alpha value is -2.36. The van der Waals surface area contributed by atoms with Gasteiger partial charge in [-0.3, -0.25) is 0 Å².